The fraction of sp³-hybridized carbons (Fsp3) is 1.00. The van der Waals surface area contributed by atoms with Crippen LogP contribution in [-0.2, 0) is 0 Å². The number of hydrogen-bond donors (Lipinski definition) is 2. The van der Waals surface area contributed by atoms with Gasteiger partial charge < -0.3 is 0 Å². The summed E-state index contributed by atoms with van der Waals surface area (Å²) in [6.07, 6.45) is 2.63. The Labute approximate surface area is 89.6 Å². The Bertz CT molecular complexity index is 134. The van der Waals surface area contributed by atoms with Crippen LogP contribution in [0.4, 0.5) is 0 Å². The molecule has 0 bridgehead atoms. The summed E-state index contributed by atoms with van der Waals surface area (Å²) in [5.74, 6) is 8.45. The third-order valence-electron chi connectivity index (χ3n) is 3.55. The van der Waals surface area contributed by atoms with Crippen LogP contribution < -0.4 is 11.3 Å². The lowest BCUT2D eigenvalue weighted by Crippen LogP contribution is -2.31. The molecule has 0 aliphatic carbocycles. The van der Waals surface area contributed by atoms with Gasteiger partial charge >= 0.3 is 0 Å². The second kappa shape index (κ2) is 7.24. The highest BCUT2D eigenvalue weighted by molar-refractivity contribution is 4.70. The Morgan fingerprint density at radius 2 is 1.64 bits per heavy atom. The molecule has 3 unspecified atom stereocenters. The van der Waals surface area contributed by atoms with Gasteiger partial charge in [-0.05, 0) is 30.1 Å². The Morgan fingerprint density at radius 3 is 2.00 bits per heavy atom. The summed E-state index contributed by atoms with van der Waals surface area (Å²) in [6, 6.07) is 0. The normalized spacial score (nSPS) is 18.2. The summed E-state index contributed by atoms with van der Waals surface area (Å²) >= 11 is 0. The number of nitrogens with two attached hydrogens (primary N) is 1. The van der Waals surface area contributed by atoms with Gasteiger partial charge in [0, 0.05) is 6.54 Å². The fourth-order valence-corrected chi connectivity index (χ4v) is 2.01. The van der Waals surface area contributed by atoms with Crippen LogP contribution in [0.15, 0.2) is 0 Å². The largest absolute Gasteiger partial charge is 0.271 e. The Kier molecular flexibility index (Phi) is 7.20. The average Bonchev–Trinajstić information content (AvgIpc) is 2.13. The van der Waals surface area contributed by atoms with Gasteiger partial charge in [0.1, 0.15) is 0 Å². The number of hydrazine groups is 1. The van der Waals surface area contributed by atoms with Gasteiger partial charge in [-0.25, -0.2) is 0 Å². The van der Waals surface area contributed by atoms with E-state index >= 15 is 0 Å². The van der Waals surface area contributed by atoms with Crippen LogP contribution in [-0.4, -0.2) is 6.54 Å². The first kappa shape index (κ1) is 13.9. The van der Waals surface area contributed by atoms with Crippen LogP contribution in [0.1, 0.15) is 47.5 Å². The highest BCUT2D eigenvalue weighted by atomic mass is 15.2. The van der Waals surface area contributed by atoms with E-state index in [1.165, 1.54) is 12.8 Å². The first-order chi connectivity index (χ1) is 6.52. The minimum absolute atomic E-state index is 0.674. The molecule has 86 valence electrons. The van der Waals surface area contributed by atoms with Crippen molar-refractivity contribution in [3.05, 3.63) is 0 Å². The maximum Gasteiger partial charge on any atom is 0.0126 e. The van der Waals surface area contributed by atoms with Crippen molar-refractivity contribution in [3.8, 4) is 0 Å². The summed E-state index contributed by atoms with van der Waals surface area (Å²) in [5, 5.41) is 0. The van der Waals surface area contributed by atoms with Crippen molar-refractivity contribution < 1.29 is 0 Å². The highest BCUT2D eigenvalue weighted by Gasteiger charge is 2.18. The molecule has 0 aliphatic heterocycles. The molecule has 14 heavy (non-hydrogen) atoms. The fourth-order valence-electron chi connectivity index (χ4n) is 2.01. The number of hydrogen-bond acceptors (Lipinski definition) is 2. The molecule has 0 radical (unpaired) electrons. The third kappa shape index (κ3) is 4.97. The molecule has 3 N–H and O–H groups in total. The van der Waals surface area contributed by atoms with E-state index in [-0.39, 0.29) is 0 Å². The molecule has 2 heteroatoms. The molecule has 0 fully saturated rings. The zero-order valence-corrected chi connectivity index (χ0v) is 10.5. The first-order valence-corrected chi connectivity index (χ1v) is 5.96. The van der Waals surface area contributed by atoms with Crippen LogP contribution in [0.2, 0.25) is 0 Å². The molecular formula is C12H28N2. The summed E-state index contributed by atoms with van der Waals surface area (Å²) in [6.45, 7) is 12.5. The molecule has 0 aromatic rings. The molecule has 2 nitrogen and oxygen atoms in total. The van der Waals surface area contributed by atoms with Gasteiger partial charge in [0.15, 0.2) is 0 Å². The second-order valence-corrected chi connectivity index (χ2v) is 5.01. The van der Waals surface area contributed by atoms with Gasteiger partial charge in [0.2, 0.25) is 0 Å². The van der Waals surface area contributed by atoms with Crippen LogP contribution in [0.5, 0.6) is 0 Å². The molecule has 0 aromatic heterocycles. The molecule has 0 saturated heterocycles. The monoisotopic (exact) mass is 200 g/mol. The summed E-state index contributed by atoms with van der Waals surface area (Å²) in [7, 11) is 0. The second-order valence-electron chi connectivity index (χ2n) is 5.01. The van der Waals surface area contributed by atoms with Gasteiger partial charge in [-0.1, -0.05) is 41.0 Å². The van der Waals surface area contributed by atoms with E-state index in [0.29, 0.717) is 5.92 Å². The molecule has 0 amide bonds. The smallest absolute Gasteiger partial charge is 0.0126 e. The number of nitrogens with one attached hydrogen (secondary N) is 1. The van der Waals surface area contributed by atoms with Crippen LogP contribution in [0.3, 0.4) is 0 Å². The van der Waals surface area contributed by atoms with E-state index in [9.17, 15) is 0 Å². The van der Waals surface area contributed by atoms with Gasteiger partial charge in [-0.3, -0.25) is 11.3 Å². The predicted molar refractivity (Wildman–Crippen MR) is 63.8 cm³/mol. The molecule has 0 saturated carbocycles. The highest BCUT2D eigenvalue weighted by Crippen LogP contribution is 2.26. The van der Waals surface area contributed by atoms with Crippen LogP contribution in [0.25, 0.3) is 0 Å². The zero-order chi connectivity index (χ0) is 11.1. The van der Waals surface area contributed by atoms with Crippen molar-refractivity contribution in [2.45, 2.75) is 47.5 Å². The molecule has 0 spiro atoms. The van der Waals surface area contributed by atoms with E-state index in [1.807, 2.05) is 0 Å². The van der Waals surface area contributed by atoms with Crippen molar-refractivity contribution in [1.82, 2.24) is 5.43 Å². The Balaban J connectivity index is 3.94. The van der Waals surface area contributed by atoms with Crippen LogP contribution in [0, 0.1) is 23.7 Å². The van der Waals surface area contributed by atoms with Gasteiger partial charge in [-0.15, -0.1) is 0 Å². The third-order valence-corrected chi connectivity index (χ3v) is 3.55. The minimum Gasteiger partial charge on any atom is -0.271 e. The standard InChI is InChI=1S/C12H28N2/c1-6-12(9(2)3)7-10(4)11(5)8-14-13/h9-12,14H,6-8,13H2,1-5H3. The number of rotatable bonds is 7. The molecule has 3 atom stereocenters. The summed E-state index contributed by atoms with van der Waals surface area (Å²) in [5.41, 5.74) is 2.77. The zero-order valence-electron chi connectivity index (χ0n) is 10.5. The molecule has 0 heterocycles. The van der Waals surface area contributed by atoms with E-state index in [1.54, 1.807) is 0 Å². The summed E-state index contributed by atoms with van der Waals surface area (Å²) in [4.78, 5) is 0. The van der Waals surface area contributed by atoms with E-state index < -0.39 is 0 Å². The SMILES string of the molecule is CCC(CC(C)C(C)CNN)C(C)C. The van der Waals surface area contributed by atoms with Gasteiger partial charge in [0.05, 0.1) is 0 Å². The lowest BCUT2D eigenvalue weighted by molar-refractivity contribution is 0.247. The summed E-state index contributed by atoms with van der Waals surface area (Å²) < 4.78 is 0. The lowest BCUT2D eigenvalue weighted by atomic mass is 9.81. The Morgan fingerprint density at radius 1 is 1.07 bits per heavy atom. The van der Waals surface area contributed by atoms with Crippen molar-refractivity contribution >= 4 is 0 Å². The molecule has 0 aromatic carbocycles. The predicted octanol–water partition coefficient (Wildman–Crippen LogP) is 2.79. The van der Waals surface area contributed by atoms with Crippen molar-refractivity contribution in [2.24, 2.45) is 29.5 Å². The van der Waals surface area contributed by atoms with E-state index in [4.69, 9.17) is 5.84 Å². The average molecular weight is 200 g/mol. The van der Waals surface area contributed by atoms with E-state index in [2.05, 4.69) is 40.0 Å². The Hall–Kier alpha value is -0.0800. The van der Waals surface area contributed by atoms with Crippen molar-refractivity contribution in [2.75, 3.05) is 6.54 Å². The molecular weight excluding hydrogens is 172 g/mol. The van der Waals surface area contributed by atoms with E-state index in [0.717, 1.165) is 24.3 Å². The lowest BCUT2D eigenvalue weighted by Gasteiger charge is -2.26. The van der Waals surface area contributed by atoms with Crippen LogP contribution >= 0.6 is 0 Å². The molecule has 0 rings (SSSR count). The van der Waals surface area contributed by atoms with Crippen molar-refractivity contribution in [1.29, 1.82) is 0 Å². The minimum atomic E-state index is 0.674. The van der Waals surface area contributed by atoms with Gasteiger partial charge in [0.25, 0.3) is 0 Å². The topological polar surface area (TPSA) is 38.0 Å². The van der Waals surface area contributed by atoms with Crippen molar-refractivity contribution in [3.63, 3.8) is 0 Å². The van der Waals surface area contributed by atoms with Gasteiger partial charge in [-0.2, -0.15) is 0 Å². The molecule has 0 aliphatic rings. The maximum atomic E-state index is 5.34. The first-order valence-electron chi connectivity index (χ1n) is 5.96. The maximum absolute atomic E-state index is 5.34. The quantitative estimate of drug-likeness (QED) is 0.490.